The van der Waals surface area contributed by atoms with Crippen LogP contribution in [0.25, 0.3) is 0 Å². The van der Waals surface area contributed by atoms with E-state index in [1.54, 1.807) is 25.1 Å². The predicted octanol–water partition coefficient (Wildman–Crippen LogP) is 3.59. The molecule has 0 aliphatic heterocycles. The van der Waals surface area contributed by atoms with Gasteiger partial charge in [-0.2, -0.15) is 8.78 Å². The first-order chi connectivity index (χ1) is 14.0. The monoisotopic (exact) mass is 410 g/mol. The molecule has 29 heavy (non-hydrogen) atoms. The normalized spacial score (nSPS) is 11.6. The maximum absolute atomic E-state index is 12.9. The van der Waals surface area contributed by atoms with Crippen molar-refractivity contribution in [2.45, 2.75) is 47.3 Å². The summed E-state index contributed by atoms with van der Waals surface area (Å²) in [7, 11) is 0. The minimum absolute atomic E-state index is 0.0136. The summed E-state index contributed by atoms with van der Waals surface area (Å²) in [5, 5.41) is 10.3. The molecule has 0 fully saturated rings. The van der Waals surface area contributed by atoms with E-state index in [1.165, 1.54) is 0 Å². The summed E-state index contributed by atoms with van der Waals surface area (Å²) in [6.07, 6.45) is 0.727. The van der Waals surface area contributed by atoms with E-state index < -0.39 is 6.61 Å². The number of alkyl halides is 2. The van der Waals surface area contributed by atoms with Gasteiger partial charge in [0.25, 0.3) is 0 Å². The lowest BCUT2D eigenvalue weighted by molar-refractivity contribution is -0.0520. The molecule has 0 atom stereocenters. The van der Waals surface area contributed by atoms with Crippen LogP contribution in [0, 0.1) is 13.8 Å². The fraction of sp³-hybridized carbons (Fsp3) is 0.500. The van der Waals surface area contributed by atoms with E-state index in [0.717, 1.165) is 23.4 Å². The minimum Gasteiger partial charge on any atom is -0.490 e. The Morgan fingerprint density at radius 1 is 1.24 bits per heavy atom. The van der Waals surface area contributed by atoms with Crippen molar-refractivity contribution < 1.29 is 22.8 Å². The zero-order valence-electron chi connectivity index (χ0n) is 17.2. The molecular formula is C20H28F2N4O3. The van der Waals surface area contributed by atoms with E-state index in [1.807, 2.05) is 20.8 Å². The first-order valence-electron chi connectivity index (χ1n) is 9.59. The third-order valence-electron chi connectivity index (χ3n) is 4.17. The number of hydrogen-bond donors (Lipinski definition) is 2. The third kappa shape index (κ3) is 6.62. The van der Waals surface area contributed by atoms with Gasteiger partial charge in [-0.25, -0.2) is 4.99 Å². The molecule has 0 unspecified atom stereocenters. The molecule has 9 heteroatoms. The Hall–Kier alpha value is -2.84. The second-order valence-electron chi connectivity index (χ2n) is 6.23. The Labute approximate surface area is 169 Å². The van der Waals surface area contributed by atoms with Gasteiger partial charge < -0.3 is 24.6 Å². The summed E-state index contributed by atoms with van der Waals surface area (Å²) in [4.78, 5) is 4.49. The van der Waals surface area contributed by atoms with Gasteiger partial charge in [0.1, 0.15) is 5.76 Å². The molecule has 1 heterocycles. The van der Waals surface area contributed by atoms with Gasteiger partial charge in [0, 0.05) is 24.2 Å². The molecule has 0 bridgehead atoms. The van der Waals surface area contributed by atoms with E-state index in [0.29, 0.717) is 31.2 Å². The summed E-state index contributed by atoms with van der Waals surface area (Å²) in [5.74, 6) is 1.66. The average Bonchev–Trinajstić information content (AvgIpc) is 3.00. The van der Waals surface area contributed by atoms with Gasteiger partial charge in [0.05, 0.1) is 18.8 Å². The van der Waals surface area contributed by atoms with Gasteiger partial charge in [-0.1, -0.05) is 17.3 Å². The Kier molecular flexibility index (Phi) is 8.69. The summed E-state index contributed by atoms with van der Waals surface area (Å²) in [5.41, 5.74) is 2.44. The molecule has 2 aromatic rings. The number of aliphatic imine (C=N–C) groups is 1. The first-order valence-corrected chi connectivity index (χ1v) is 9.59. The van der Waals surface area contributed by atoms with Gasteiger partial charge in [-0.15, -0.1) is 0 Å². The smallest absolute Gasteiger partial charge is 0.387 e. The maximum Gasteiger partial charge on any atom is 0.387 e. The van der Waals surface area contributed by atoms with Gasteiger partial charge in [0.2, 0.25) is 0 Å². The van der Waals surface area contributed by atoms with Gasteiger partial charge in [-0.3, -0.25) is 0 Å². The fourth-order valence-corrected chi connectivity index (χ4v) is 2.85. The number of nitrogens with one attached hydrogen (secondary N) is 2. The number of aromatic nitrogens is 1. The summed E-state index contributed by atoms with van der Waals surface area (Å²) in [6, 6.07) is 5.02. The number of para-hydroxylation sites is 1. The van der Waals surface area contributed by atoms with Crippen LogP contribution in [0.5, 0.6) is 11.5 Å². The van der Waals surface area contributed by atoms with Crippen molar-refractivity contribution >= 4 is 5.96 Å². The number of nitrogens with zero attached hydrogens (tertiary/aromatic N) is 2. The highest BCUT2D eigenvalue weighted by atomic mass is 19.3. The van der Waals surface area contributed by atoms with Crippen molar-refractivity contribution in [1.82, 2.24) is 15.8 Å². The second-order valence-corrected chi connectivity index (χ2v) is 6.23. The van der Waals surface area contributed by atoms with Crippen molar-refractivity contribution in [3.05, 3.63) is 40.8 Å². The topological polar surface area (TPSA) is 80.9 Å². The lowest BCUT2D eigenvalue weighted by Gasteiger charge is -2.15. The van der Waals surface area contributed by atoms with E-state index in [-0.39, 0.29) is 18.0 Å². The molecule has 0 radical (unpaired) electrons. The highest BCUT2D eigenvalue weighted by molar-refractivity contribution is 5.79. The lowest BCUT2D eigenvalue weighted by atomic mass is 10.1. The summed E-state index contributed by atoms with van der Waals surface area (Å²) in [6.45, 7) is 6.36. The fourth-order valence-electron chi connectivity index (χ4n) is 2.85. The third-order valence-corrected chi connectivity index (χ3v) is 4.17. The van der Waals surface area contributed by atoms with Crippen molar-refractivity contribution in [1.29, 1.82) is 0 Å². The number of hydrogen-bond acceptors (Lipinski definition) is 5. The molecular weight excluding hydrogens is 382 g/mol. The molecule has 1 aromatic carbocycles. The van der Waals surface area contributed by atoms with Crippen LogP contribution in [0.1, 0.15) is 36.4 Å². The van der Waals surface area contributed by atoms with Crippen LogP contribution in [0.2, 0.25) is 0 Å². The van der Waals surface area contributed by atoms with Gasteiger partial charge >= 0.3 is 6.61 Å². The van der Waals surface area contributed by atoms with Crippen molar-refractivity contribution in [2.75, 3.05) is 19.7 Å². The number of aryl methyl sites for hydroxylation is 2. The number of ether oxygens (including phenoxy) is 2. The number of halogens is 2. The van der Waals surface area contributed by atoms with E-state index in [2.05, 4.69) is 20.8 Å². The highest BCUT2D eigenvalue weighted by Gasteiger charge is 2.16. The largest absolute Gasteiger partial charge is 0.490 e. The SMILES string of the molecule is CCNC(=NCc1cccc(OCC)c1OC(F)F)NCCc1c(C)noc1C. The van der Waals surface area contributed by atoms with Gasteiger partial charge in [0.15, 0.2) is 17.5 Å². The van der Waals surface area contributed by atoms with E-state index in [9.17, 15) is 8.78 Å². The molecule has 160 valence electrons. The molecule has 1 aromatic heterocycles. The second kappa shape index (κ2) is 11.2. The van der Waals surface area contributed by atoms with E-state index >= 15 is 0 Å². The molecule has 0 saturated heterocycles. The zero-order valence-corrected chi connectivity index (χ0v) is 17.2. The predicted molar refractivity (Wildman–Crippen MR) is 107 cm³/mol. The highest BCUT2D eigenvalue weighted by Crippen LogP contribution is 2.33. The van der Waals surface area contributed by atoms with Crippen LogP contribution >= 0.6 is 0 Å². The molecule has 2 N–H and O–H groups in total. The quantitative estimate of drug-likeness (QED) is 0.460. The van der Waals surface area contributed by atoms with Crippen molar-refractivity contribution in [2.24, 2.45) is 4.99 Å². The van der Waals surface area contributed by atoms with Crippen molar-refractivity contribution in [3.8, 4) is 11.5 Å². The first kappa shape index (κ1) is 22.4. The summed E-state index contributed by atoms with van der Waals surface area (Å²) >= 11 is 0. The van der Waals surface area contributed by atoms with E-state index in [4.69, 9.17) is 14.0 Å². The Bertz CT molecular complexity index is 790. The van der Waals surface area contributed by atoms with Crippen LogP contribution in [-0.2, 0) is 13.0 Å². The molecule has 0 amide bonds. The lowest BCUT2D eigenvalue weighted by Crippen LogP contribution is -2.38. The Balaban J connectivity index is 2.09. The van der Waals surface area contributed by atoms with Crippen LogP contribution < -0.4 is 20.1 Å². The molecule has 7 nitrogen and oxygen atoms in total. The van der Waals surface area contributed by atoms with Crippen LogP contribution in [0.4, 0.5) is 8.78 Å². The van der Waals surface area contributed by atoms with Crippen LogP contribution in [-0.4, -0.2) is 37.4 Å². The van der Waals surface area contributed by atoms with Gasteiger partial charge in [-0.05, 0) is 40.2 Å². The average molecular weight is 410 g/mol. The maximum atomic E-state index is 12.9. The van der Waals surface area contributed by atoms with Crippen molar-refractivity contribution in [3.63, 3.8) is 0 Å². The number of guanidine groups is 1. The molecule has 0 spiro atoms. The Morgan fingerprint density at radius 2 is 2.03 bits per heavy atom. The zero-order chi connectivity index (χ0) is 21.2. The van der Waals surface area contributed by atoms with Crippen LogP contribution in [0.3, 0.4) is 0 Å². The molecule has 2 rings (SSSR count). The molecule has 0 aliphatic rings. The standard InChI is InChI=1S/C20H28F2N4O3/c1-5-23-20(24-11-10-16-13(3)26-29-14(16)4)25-12-15-8-7-9-17(27-6-2)18(15)28-19(21)22/h7-9,19H,5-6,10-12H2,1-4H3,(H2,23,24,25). The molecule has 0 saturated carbocycles. The summed E-state index contributed by atoms with van der Waals surface area (Å²) < 4.78 is 41.0. The number of rotatable bonds is 10. The minimum atomic E-state index is -2.94. The van der Waals surface area contributed by atoms with Crippen LogP contribution in [0.15, 0.2) is 27.7 Å². The Morgan fingerprint density at radius 3 is 2.66 bits per heavy atom. The molecule has 0 aliphatic carbocycles. The number of benzene rings is 1.